The van der Waals surface area contributed by atoms with E-state index in [-0.39, 0.29) is 17.2 Å². The van der Waals surface area contributed by atoms with Gasteiger partial charge in [0, 0.05) is 19.3 Å². The number of furan rings is 1. The molecule has 0 aliphatic carbocycles. The molecular formula is C30H30F3NO3S. The van der Waals surface area contributed by atoms with Gasteiger partial charge in [-0.2, -0.15) is 13.2 Å². The molecule has 0 saturated carbocycles. The van der Waals surface area contributed by atoms with E-state index in [2.05, 4.69) is 17.0 Å². The summed E-state index contributed by atoms with van der Waals surface area (Å²) in [5.41, 5.74) is 7.18. The van der Waals surface area contributed by atoms with Gasteiger partial charge in [-0.1, -0.05) is 54.1 Å². The summed E-state index contributed by atoms with van der Waals surface area (Å²) in [6.45, 7) is 7.36. The van der Waals surface area contributed by atoms with Crippen molar-refractivity contribution in [2.75, 3.05) is 6.26 Å². The van der Waals surface area contributed by atoms with Crippen LogP contribution in [0.4, 0.5) is 13.2 Å². The Hall–Kier alpha value is -3.36. The van der Waals surface area contributed by atoms with Crippen LogP contribution >= 0.6 is 0 Å². The number of hydrogen-bond donors (Lipinski definition) is 0. The quantitative estimate of drug-likeness (QED) is 0.232. The number of hydrogen-bond acceptors (Lipinski definition) is 4. The minimum Gasteiger partial charge on any atom is -0.455 e. The Morgan fingerprint density at radius 1 is 0.789 bits per heavy atom. The molecule has 0 fully saturated rings. The van der Waals surface area contributed by atoms with Crippen LogP contribution in [0, 0.1) is 20.8 Å². The Labute approximate surface area is 221 Å². The van der Waals surface area contributed by atoms with E-state index in [0.717, 1.165) is 45.0 Å². The Morgan fingerprint density at radius 3 is 2.03 bits per heavy atom. The first-order chi connectivity index (χ1) is 17.8. The van der Waals surface area contributed by atoms with Gasteiger partial charge >= 0.3 is 6.18 Å². The molecule has 0 saturated heterocycles. The zero-order valence-corrected chi connectivity index (χ0v) is 22.6. The Bertz CT molecular complexity index is 1510. The maximum absolute atomic E-state index is 13.1. The van der Waals surface area contributed by atoms with Crippen LogP contribution < -0.4 is 0 Å². The predicted octanol–water partition coefficient (Wildman–Crippen LogP) is 7.50. The number of alkyl halides is 3. The maximum atomic E-state index is 13.1. The van der Waals surface area contributed by atoms with Gasteiger partial charge in [0.25, 0.3) is 0 Å². The van der Waals surface area contributed by atoms with Crippen LogP contribution in [-0.2, 0) is 35.6 Å². The summed E-state index contributed by atoms with van der Waals surface area (Å²) in [4.78, 5) is 2.31. The summed E-state index contributed by atoms with van der Waals surface area (Å²) in [6.07, 6.45) is -3.35. The van der Waals surface area contributed by atoms with Crippen LogP contribution in [-0.4, -0.2) is 19.6 Å². The molecule has 3 aromatic carbocycles. The second kappa shape index (κ2) is 10.8. The standard InChI is InChI=1S/C30H30F3NO3S/c1-20-14-21(2)28(22(3)15-20)19-34(18-26-12-13-29(37-26)30(31,32)33)17-23-8-10-24(11-9-23)25-6-5-7-27(16-25)38(4,35)36/h5-16H,17-19H2,1-4H3. The van der Waals surface area contributed by atoms with Crippen molar-refractivity contribution >= 4 is 9.84 Å². The van der Waals surface area contributed by atoms with Crippen molar-refractivity contribution in [2.45, 2.75) is 51.5 Å². The lowest BCUT2D eigenvalue weighted by molar-refractivity contribution is -0.153. The van der Waals surface area contributed by atoms with E-state index in [0.29, 0.717) is 13.1 Å². The molecule has 0 radical (unpaired) electrons. The third kappa shape index (κ3) is 6.74. The molecule has 0 spiro atoms. The van der Waals surface area contributed by atoms with Gasteiger partial charge in [-0.3, -0.25) is 4.90 Å². The summed E-state index contributed by atoms with van der Waals surface area (Å²) >= 11 is 0. The molecule has 0 aliphatic heterocycles. The molecule has 4 rings (SSSR count). The first-order valence-corrected chi connectivity index (χ1v) is 14.0. The van der Waals surface area contributed by atoms with E-state index in [1.165, 1.54) is 12.3 Å². The molecule has 0 N–H and O–H groups in total. The van der Waals surface area contributed by atoms with Gasteiger partial charge in [0.05, 0.1) is 11.4 Å². The third-order valence-electron chi connectivity index (χ3n) is 6.50. The summed E-state index contributed by atoms with van der Waals surface area (Å²) < 4.78 is 68.3. The highest BCUT2D eigenvalue weighted by molar-refractivity contribution is 7.90. The molecule has 0 aliphatic rings. The van der Waals surface area contributed by atoms with E-state index < -0.39 is 21.8 Å². The van der Waals surface area contributed by atoms with Crippen molar-refractivity contribution in [3.05, 3.63) is 112 Å². The molecule has 1 heterocycles. The highest BCUT2D eigenvalue weighted by atomic mass is 32.2. The molecule has 1 aromatic heterocycles. The predicted molar refractivity (Wildman–Crippen MR) is 142 cm³/mol. The van der Waals surface area contributed by atoms with Crippen LogP contribution in [0.25, 0.3) is 11.1 Å². The SMILES string of the molecule is Cc1cc(C)c(CN(Cc2ccc(-c3cccc(S(C)(=O)=O)c3)cc2)Cc2ccc(C(F)(F)F)o2)c(C)c1. The number of aryl methyl sites for hydroxylation is 3. The van der Waals surface area contributed by atoms with Crippen molar-refractivity contribution in [1.29, 1.82) is 0 Å². The van der Waals surface area contributed by atoms with Gasteiger partial charge < -0.3 is 4.42 Å². The van der Waals surface area contributed by atoms with Crippen LogP contribution in [0.5, 0.6) is 0 Å². The van der Waals surface area contributed by atoms with E-state index in [9.17, 15) is 21.6 Å². The Balaban J connectivity index is 1.60. The molecular weight excluding hydrogens is 511 g/mol. The van der Waals surface area contributed by atoms with Crippen molar-refractivity contribution in [3.63, 3.8) is 0 Å². The topological polar surface area (TPSA) is 50.5 Å². The van der Waals surface area contributed by atoms with E-state index in [1.54, 1.807) is 18.2 Å². The highest BCUT2D eigenvalue weighted by Crippen LogP contribution is 2.31. The normalized spacial score (nSPS) is 12.3. The first-order valence-electron chi connectivity index (χ1n) is 12.1. The van der Waals surface area contributed by atoms with E-state index in [4.69, 9.17) is 4.42 Å². The zero-order valence-electron chi connectivity index (χ0n) is 21.8. The molecule has 4 aromatic rings. The van der Waals surface area contributed by atoms with Gasteiger partial charge in [-0.05, 0) is 78.4 Å². The number of rotatable bonds is 8. The lowest BCUT2D eigenvalue weighted by Gasteiger charge is -2.24. The zero-order chi connectivity index (χ0) is 27.7. The lowest BCUT2D eigenvalue weighted by Crippen LogP contribution is -2.23. The van der Waals surface area contributed by atoms with Crippen molar-refractivity contribution in [3.8, 4) is 11.1 Å². The van der Waals surface area contributed by atoms with Crippen molar-refractivity contribution in [2.24, 2.45) is 0 Å². The average Bonchev–Trinajstić information content (AvgIpc) is 3.30. The number of nitrogens with zero attached hydrogens (tertiary/aromatic N) is 1. The average molecular weight is 542 g/mol. The highest BCUT2D eigenvalue weighted by Gasteiger charge is 2.34. The third-order valence-corrected chi connectivity index (χ3v) is 7.61. The minimum absolute atomic E-state index is 0.209. The fraction of sp³-hybridized carbons (Fsp3) is 0.267. The summed E-state index contributed by atoms with van der Waals surface area (Å²) in [5, 5.41) is 0. The molecule has 38 heavy (non-hydrogen) atoms. The molecule has 4 nitrogen and oxygen atoms in total. The lowest BCUT2D eigenvalue weighted by atomic mass is 9.99. The van der Waals surface area contributed by atoms with Crippen molar-refractivity contribution in [1.82, 2.24) is 4.90 Å². The largest absolute Gasteiger partial charge is 0.455 e. The molecule has 0 amide bonds. The fourth-order valence-corrected chi connectivity index (χ4v) is 5.32. The van der Waals surface area contributed by atoms with E-state index >= 15 is 0 Å². The van der Waals surface area contributed by atoms with E-state index in [1.807, 2.05) is 51.1 Å². The number of halogens is 3. The maximum Gasteiger partial charge on any atom is 0.449 e. The van der Waals surface area contributed by atoms with Gasteiger partial charge in [-0.15, -0.1) is 0 Å². The van der Waals surface area contributed by atoms with Gasteiger partial charge in [0.15, 0.2) is 9.84 Å². The van der Waals surface area contributed by atoms with Gasteiger partial charge in [0.2, 0.25) is 5.76 Å². The summed E-state index contributed by atoms with van der Waals surface area (Å²) in [5.74, 6) is -0.759. The first kappa shape index (κ1) is 27.7. The van der Waals surface area contributed by atoms with Crippen LogP contribution in [0.2, 0.25) is 0 Å². The Kier molecular flexibility index (Phi) is 7.85. The smallest absolute Gasteiger partial charge is 0.449 e. The molecule has 8 heteroatoms. The summed E-state index contributed by atoms with van der Waals surface area (Å²) in [6, 6.07) is 21.1. The Morgan fingerprint density at radius 2 is 1.45 bits per heavy atom. The molecule has 200 valence electrons. The van der Waals surface area contributed by atoms with Crippen LogP contribution in [0.3, 0.4) is 0 Å². The number of sulfone groups is 1. The van der Waals surface area contributed by atoms with Gasteiger partial charge in [-0.25, -0.2) is 8.42 Å². The monoisotopic (exact) mass is 541 g/mol. The van der Waals surface area contributed by atoms with Crippen molar-refractivity contribution < 1.29 is 26.0 Å². The second-order valence-electron chi connectivity index (χ2n) is 9.78. The second-order valence-corrected chi connectivity index (χ2v) is 11.8. The molecule has 0 unspecified atom stereocenters. The van der Waals surface area contributed by atoms with Gasteiger partial charge in [0.1, 0.15) is 5.76 Å². The van der Waals surface area contributed by atoms with Crippen LogP contribution in [0.1, 0.15) is 39.3 Å². The number of benzene rings is 3. The molecule has 0 atom stereocenters. The fourth-order valence-electron chi connectivity index (χ4n) is 4.65. The van der Waals surface area contributed by atoms with Crippen LogP contribution in [0.15, 0.2) is 82.1 Å². The minimum atomic E-state index is -4.53. The summed E-state index contributed by atoms with van der Waals surface area (Å²) in [7, 11) is -3.32. The molecule has 0 bridgehead atoms.